The number of hydrogen-bond acceptors (Lipinski definition) is 1. The van der Waals surface area contributed by atoms with E-state index in [-0.39, 0.29) is 40.4 Å². The molecule has 1 atom stereocenters. The molecule has 0 amide bonds. The molecule has 0 saturated carbocycles. The quantitative estimate of drug-likeness (QED) is 0.105. The van der Waals surface area contributed by atoms with Crippen molar-refractivity contribution in [2.45, 2.75) is 33.1 Å². The van der Waals surface area contributed by atoms with Crippen LogP contribution in [0.4, 0.5) is 17.6 Å². The Kier molecular flexibility index (Phi) is 12.7. The van der Waals surface area contributed by atoms with Crippen molar-refractivity contribution in [2.75, 3.05) is 6.61 Å². The van der Waals surface area contributed by atoms with Crippen LogP contribution in [0.5, 0.6) is 0 Å². The molecule has 0 aromatic rings. The van der Waals surface area contributed by atoms with Crippen LogP contribution in [0.1, 0.15) is 33.1 Å². The molecule has 0 heterocycles. The van der Waals surface area contributed by atoms with Gasteiger partial charge in [-0.1, -0.05) is 91.0 Å². The summed E-state index contributed by atoms with van der Waals surface area (Å²) >= 11 is 0. The lowest BCUT2D eigenvalue weighted by Gasteiger charge is -2.14. The van der Waals surface area contributed by atoms with Gasteiger partial charge in [0, 0.05) is 11.1 Å². The van der Waals surface area contributed by atoms with Gasteiger partial charge < -0.3 is 4.74 Å². The Labute approximate surface area is 189 Å². The Morgan fingerprint density at radius 3 is 1.72 bits per heavy atom. The topological polar surface area (TPSA) is 9.23 Å². The molecule has 0 fully saturated rings. The van der Waals surface area contributed by atoms with E-state index >= 15 is 0 Å². The maximum atomic E-state index is 14.5. The van der Waals surface area contributed by atoms with E-state index in [1.54, 1.807) is 6.92 Å². The summed E-state index contributed by atoms with van der Waals surface area (Å²) < 4.78 is 62.2. The summed E-state index contributed by atoms with van der Waals surface area (Å²) in [7, 11) is 0. The fourth-order valence-electron chi connectivity index (χ4n) is 2.34. The monoisotopic (exact) mass is 448 g/mol. The molecular weight excluding hydrogens is 416 g/mol. The fraction of sp³-hybridized carbons (Fsp3) is 0.259. The molecule has 0 spiro atoms. The molecule has 0 rings (SSSR count). The van der Waals surface area contributed by atoms with E-state index in [1.165, 1.54) is 18.2 Å². The number of ether oxygens (including phenoxy) is 1. The second-order valence-electron chi connectivity index (χ2n) is 7.19. The highest BCUT2D eigenvalue weighted by Gasteiger charge is 2.19. The summed E-state index contributed by atoms with van der Waals surface area (Å²) in [6.45, 7) is 28.2. The maximum Gasteiger partial charge on any atom is 0.200 e. The first-order chi connectivity index (χ1) is 14.9. The first-order valence-electron chi connectivity index (χ1n) is 10.1. The molecule has 32 heavy (non-hydrogen) atoms. The molecule has 0 aliphatic rings. The largest absolute Gasteiger partial charge is 0.487 e. The number of unbranched alkanes of at least 4 members (excludes halogenated alkanes) is 1. The molecule has 5 heteroatoms. The van der Waals surface area contributed by atoms with Crippen molar-refractivity contribution >= 4 is 0 Å². The number of halogens is 4. The summed E-state index contributed by atoms with van der Waals surface area (Å²) in [4.78, 5) is 0. The molecule has 0 N–H and O–H groups in total. The van der Waals surface area contributed by atoms with Gasteiger partial charge >= 0.3 is 0 Å². The average Bonchev–Trinajstić information content (AvgIpc) is 2.80. The van der Waals surface area contributed by atoms with Gasteiger partial charge in [-0.15, -0.1) is 0 Å². The van der Waals surface area contributed by atoms with Crippen molar-refractivity contribution < 1.29 is 22.3 Å². The van der Waals surface area contributed by atoms with Crippen molar-refractivity contribution in [3.8, 4) is 0 Å². The standard InChI is InChI=1S/C27H32F4O/c1-10-12-13-17(3)20(6)24(28)25(29)21(7)18(4)14-15-19(5)22(8)26(30)27(31)23(9)32-16-11-2/h11,14-15,17H,2,4-10,12-13,16H2,1,3H3/b15-14-,25-24-,27-26-. The van der Waals surface area contributed by atoms with Crippen LogP contribution in [0.3, 0.4) is 0 Å². The Hall–Kier alpha value is -3.08. The van der Waals surface area contributed by atoms with E-state index in [0.29, 0.717) is 6.42 Å². The lowest BCUT2D eigenvalue weighted by atomic mass is 9.94. The lowest BCUT2D eigenvalue weighted by Crippen LogP contribution is -2.01. The highest BCUT2D eigenvalue weighted by Crippen LogP contribution is 2.32. The molecule has 0 radical (unpaired) electrons. The van der Waals surface area contributed by atoms with Crippen LogP contribution < -0.4 is 0 Å². The van der Waals surface area contributed by atoms with Crippen molar-refractivity contribution in [2.24, 2.45) is 5.92 Å². The minimum Gasteiger partial charge on any atom is -0.487 e. The summed E-state index contributed by atoms with van der Waals surface area (Å²) in [5.41, 5.74) is -0.627. The molecule has 0 saturated heterocycles. The molecule has 0 aromatic carbocycles. The van der Waals surface area contributed by atoms with Crippen LogP contribution in [0.2, 0.25) is 0 Å². The maximum absolute atomic E-state index is 14.5. The summed E-state index contributed by atoms with van der Waals surface area (Å²) in [6.07, 6.45) is 6.33. The third-order valence-electron chi connectivity index (χ3n) is 4.66. The van der Waals surface area contributed by atoms with Crippen molar-refractivity contribution in [1.82, 2.24) is 0 Å². The SMILES string of the molecule is C=CCOC(=C)/C(F)=C(/F)C(=C)C(=C)/C=C\C(=C)C(=C)/C(F)=C(/F)C(=C)C(C)CCCC. The van der Waals surface area contributed by atoms with E-state index in [9.17, 15) is 17.6 Å². The second kappa shape index (κ2) is 14.1. The predicted octanol–water partition coefficient (Wildman–Crippen LogP) is 9.17. The third kappa shape index (κ3) is 8.58. The van der Waals surface area contributed by atoms with Gasteiger partial charge in [-0.25, -0.2) is 13.2 Å². The van der Waals surface area contributed by atoms with Gasteiger partial charge in [-0.3, -0.25) is 0 Å². The molecule has 1 nitrogen and oxygen atoms in total. The van der Waals surface area contributed by atoms with E-state index in [1.807, 2.05) is 6.92 Å². The summed E-state index contributed by atoms with van der Waals surface area (Å²) in [5, 5.41) is 0. The van der Waals surface area contributed by atoms with E-state index in [0.717, 1.165) is 12.8 Å². The summed E-state index contributed by atoms with van der Waals surface area (Å²) in [6, 6.07) is 0. The van der Waals surface area contributed by atoms with Crippen LogP contribution in [-0.4, -0.2) is 6.61 Å². The predicted molar refractivity (Wildman–Crippen MR) is 127 cm³/mol. The van der Waals surface area contributed by atoms with E-state index in [2.05, 4.69) is 46.1 Å². The third-order valence-corrected chi connectivity index (χ3v) is 4.66. The first kappa shape index (κ1) is 28.9. The van der Waals surface area contributed by atoms with Crippen LogP contribution >= 0.6 is 0 Å². The zero-order chi connectivity index (χ0) is 25.0. The highest BCUT2D eigenvalue weighted by molar-refractivity contribution is 5.54. The van der Waals surface area contributed by atoms with Gasteiger partial charge in [-0.05, 0) is 29.1 Å². The van der Waals surface area contributed by atoms with Gasteiger partial charge in [0.2, 0.25) is 5.83 Å². The molecule has 174 valence electrons. The Bertz CT molecular complexity index is 897. The second-order valence-corrected chi connectivity index (χ2v) is 7.19. The van der Waals surface area contributed by atoms with Gasteiger partial charge in [0.1, 0.15) is 6.61 Å². The zero-order valence-electron chi connectivity index (χ0n) is 19.0. The first-order valence-corrected chi connectivity index (χ1v) is 10.1. The molecule has 0 aliphatic heterocycles. The van der Waals surface area contributed by atoms with Crippen molar-refractivity contribution in [3.63, 3.8) is 0 Å². The van der Waals surface area contributed by atoms with Gasteiger partial charge in [0.15, 0.2) is 23.2 Å². The average molecular weight is 449 g/mol. The number of rotatable bonds is 15. The zero-order valence-corrected chi connectivity index (χ0v) is 19.0. The number of allylic oxidation sites excluding steroid dienone is 11. The van der Waals surface area contributed by atoms with Gasteiger partial charge in [0.05, 0.1) is 0 Å². The normalized spacial score (nSPS) is 13.6. The Balaban J connectivity index is 5.36. The molecule has 0 aliphatic carbocycles. The van der Waals surface area contributed by atoms with E-state index in [4.69, 9.17) is 4.74 Å². The smallest absolute Gasteiger partial charge is 0.200 e. The molecule has 0 bridgehead atoms. The number of hydrogen-bond donors (Lipinski definition) is 0. The minimum atomic E-state index is -1.33. The molecule has 1 unspecified atom stereocenters. The van der Waals surface area contributed by atoms with Crippen molar-refractivity contribution in [1.29, 1.82) is 0 Å². The lowest BCUT2D eigenvalue weighted by molar-refractivity contribution is 0.241. The molecular formula is C27H32F4O. The van der Waals surface area contributed by atoms with Crippen LogP contribution in [0.25, 0.3) is 0 Å². The van der Waals surface area contributed by atoms with E-state index < -0.39 is 29.1 Å². The highest BCUT2D eigenvalue weighted by atomic mass is 19.2. The van der Waals surface area contributed by atoms with Crippen LogP contribution in [0.15, 0.2) is 121 Å². The molecule has 0 aromatic heterocycles. The fourth-order valence-corrected chi connectivity index (χ4v) is 2.34. The summed E-state index contributed by atoms with van der Waals surface area (Å²) in [5.74, 6) is -5.64. The Morgan fingerprint density at radius 1 is 0.812 bits per heavy atom. The van der Waals surface area contributed by atoms with Gasteiger partial charge in [0.25, 0.3) is 0 Å². The van der Waals surface area contributed by atoms with Crippen LogP contribution in [-0.2, 0) is 4.74 Å². The Morgan fingerprint density at radius 2 is 1.28 bits per heavy atom. The van der Waals surface area contributed by atoms with Crippen LogP contribution in [0, 0.1) is 5.92 Å². The van der Waals surface area contributed by atoms with Crippen molar-refractivity contribution in [3.05, 3.63) is 121 Å². The minimum absolute atomic E-state index is 0.0178. The van der Waals surface area contributed by atoms with Gasteiger partial charge in [-0.2, -0.15) is 4.39 Å².